The lowest BCUT2D eigenvalue weighted by atomic mass is 9.80. The van der Waals surface area contributed by atoms with Gasteiger partial charge in [0, 0.05) is 11.1 Å². The van der Waals surface area contributed by atoms with Gasteiger partial charge in [-0.15, -0.1) is 0 Å². The Kier molecular flexibility index (Phi) is 5.44. The van der Waals surface area contributed by atoms with Crippen LogP contribution in [0.1, 0.15) is 34.5 Å². The molecule has 0 bridgehead atoms. The molecule has 0 heterocycles. The van der Waals surface area contributed by atoms with E-state index in [-0.39, 0.29) is 11.5 Å². The molecule has 0 radical (unpaired) electrons. The summed E-state index contributed by atoms with van der Waals surface area (Å²) in [7, 11) is 8.83. The van der Waals surface area contributed by atoms with E-state index in [2.05, 4.69) is 0 Å². The maximum atomic E-state index is 11.3. The Balaban J connectivity index is 2.39. The van der Waals surface area contributed by atoms with Crippen molar-refractivity contribution in [3.05, 3.63) is 34.4 Å². The zero-order chi connectivity index (χ0) is 20.6. The highest BCUT2D eigenvalue weighted by Gasteiger charge is 2.40. The van der Waals surface area contributed by atoms with Crippen LogP contribution in [0.15, 0.2) is 12.1 Å². The molecular formula is C20H24O8. The van der Waals surface area contributed by atoms with E-state index in [0.717, 1.165) is 0 Å². The normalized spacial score (nSPS) is 17.3. The number of fused-ring (bicyclic) bond motifs is 2. The Labute approximate surface area is 163 Å². The van der Waals surface area contributed by atoms with E-state index in [4.69, 9.17) is 28.4 Å². The fourth-order valence-corrected chi connectivity index (χ4v) is 3.72. The molecule has 0 saturated heterocycles. The summed E-state index contributed by atoms with van der Waals surface area (Å²) in [6, 6.07) is 3.24. The Bertz CT molecular complexity index is 821. The first-order valence-corrected chi connectivity index (χ1v) is 8.50. The molecule has 152 valence electrons. The van der Waals surface area contributed by atoms with E-state index in [1.807, 2.05) is 0 Å². The lowest BCUT2D eigenvalue weighted by Crippen LogP contribution is -2.21. The van der Waals surface area contributed by atoms with Crippen molar-refractivity contribution in [2.45, 2.75) is 12.2 Å². The van der Waals surface area contributed by atoms with Gasteiger partial charge in [0.15, 0.2) is 23.0 Å². The molecule has 0 fully saturated rings. The molecule has 1 aliphatic carbocycles. The van der Waals surface area contributed by atoms with Gasteiger partial charge in [0.2, 0.25) is 11.5 Å². The smallest absolute Gasteiger partial charge is 0.203 e. The molecule has 1 aliphatic rings. The van der Waals surface area contributed by atoms with Crippen molar-refractivity contribution >= 4 is 0 Å². The number of hydrogen-bond donors (Lipinski definition) is 2. The van der Waals surface area contributed by atoms with E-state index in [1.165, 1.54) is 42.7 Å². The average Bonchev–Trinajstić information content (AvgIpc) is 2.73. The van der Waals surface area contributed by atoms with Crippen LogP contribution in [0.4, 0.5) is 0 Å². The van der Waals surface area contributed by atoms with Gasteiger partial charge in [0.05, 0.1) is 42.7 Å². The van der Waals surface area contributed by atoms with Gasteiger partial charge in [-0.25, -0.2) is 0 Å². The summed E-state index contributed by atoms with van der Waals surface area (Å²) in [5.74, 6) is 1.92. The topological polar surface area (TPSA) is 95.8 Å². The highest BCUT2D eigenvalue weighted by atomic mass is 16.5. The zero-order valence-corrected chi connectivity index (χ0v) is 16.7. The molecule has 2 N–H and O–H groups in total. The molecule has 0 atom stereocenters. The fourth-order valence-electron chi connectivity index (χ4n) is 3.72. The molecule has 8 nitrogen and oxygen atoms in total. The fraction of sp³-hybridized carbons (Fsp3) is 0.400. The van der Waals surface area contributed by atoms with Gasteiger partial charge < -0.3 is 38.6 Å². The zero-order valence-electron chi connectivity index (χ0n) is 16.7. The Morgan fingerprint density at radius 3 is 1.18 bits per heavy atom. The van der Waals surface area contributed by atoms with E-state index >= 15 is 0 Å². The van der Waals surface area contributed by atoms with Crippen LogP contribution in [0.25, 0.3) is 0 Å². The minimum Gasteiger partial charge on any atom is -0.493 e. The summed E-state index contributed by atoms with van der Waals surface area (Å²) < 4.78 is 32.6. The summed E-state index contributed by atoms with van der Waals surface area (Å²) in [4.78, 5) is 0. The first-order chi connectivity index (χ1) is 13.5. The SMILES string of the molecule is COc1cc2c(c(OC)c1OC)[C@H](O)c1c(OC)c(OC)c(OC)cc1[C@@H]2O. The van der Waals surface area contributed by atoms with Gasteiger partial charge >= 0.3 is 0 Å². The Morgan fingerprint density at radius 2 is 0.893 bits per heavy atom. The number of rotatable bonds is 6. The van der Waals surface area contributed by atoms with E-state index in [9.17, 15) is 10.2 Å². The van der Waals surface area contributed by atoms with Crippen LogP contribution in [0.2, 0.25) is 0 Å². The van der Waals surface area contributed by atoms with Crippen molar-refractivity contribution < 1.29 is 38.6 Å². The van der Waals surface area contributed by atoms with Crippen molar-refractivity contribution in [1.29, 1.82) is 0 Å². The highest BCUT2D eigenvalue weighted by Crippen LogP contribution is 2.56. The number of benzene rings is 2. The summed E-state index contributed by atoms with van der Waals surface area (Å²) in [5, 5.41) is 22.4. The number of hydrogen-bond acceptors (Lipinski definition) is 8. The molecule has 0 aliphatic heterocycles. The summed E-state index contributed by atoms with van der Waals surface area (Å²) in [5.41, 5.74) is 1.60. The third-order valence-corrected chi connectivity index (χ3v) is 4.94. The summed E-state index contributed by atoms with van der Waals surface area (Å²) >= 11 is 0. The third kappa shape index (κ3) is 2.68. The number of ether oxygens (including phenoxy) is 6. The minimum atomic E-state index is -1.17. The van der Waals surface area contributed by atoms with E-state index < -0.39 is 12.2 Å². The van der Waals surface area contributed by atoms with Gasteiger partial charge in [-0.1, -0.05) is 0 Å². The first-order valence-electron chi connectivity index (χ1n) is 8.50. The van der Waals surface area contributed by atoms with Gasteiger partial charge in [-0.2, -0.15) is 0 Å². The molecule has 8 heteroatoms. The Hall–Kier alpha value is -2.84. The molecule has 0 spiro atoms. The van der Waals surface area contributed by atoms with Crippen LogP contribution in [0.3, 0.4) is 0 Å². The molecule has 2 aromatic carbocycles. The van der Waals surface area contributed by atoms with Crippen LogP contribution < -0.4 is 28.4 Å². The maximum Gasteiger partial charge on any atom is 0.203 e. The Morgan fingerprint density at radius 1 is 0.536 bits per heavy atom. The largest absolute Gasteiger partial charge is 0.493 e. The molecule has 0 aromatic heterocycles. The van der Waals surface area contributed by atoms with Gasteiger partial charge in [-0.05, 0) is 23.3 Å². The van der Waals surface area contributed by atoms with Crippen LogP contribution in [-0.2, 0) is 0 Å². The molecular weight excluding hydrogens is 368 g/mol. The third-order valence-electron chi connectivity index (χ3n) is 4.94. The van der Waals surface area contributed by atoms with Gasteiger partial charge in [-0.3, -0.25) is 0 Å². The summed E-state index contributed by atoms with van der Waals surface area (Å²) in [6.45, 7) is 0. The molecule has 3 rings (SSSR count). The second-order valence-electron chi connectivity index (χ2n) is 6.10. The van der Waals surface area contributed by atoms with Crippen molar-refractivity contribution in [2.24, 2.45) is 0 Å². The van der Waals surface area contributed by atoms with Crippen molar-refractivity contribution in [2.75, 3.05) is 42.7 Å². The van der Waals surface area contributed by atoms with Gasteiger partial charge in [0.1, 0.15) is 12.2 Å². The van der Waals surface area contributed by atoms with Crippen LogP contribution >= 0.6 is 0 Å². The summed E-state index contributed by atoms with van der Waals surface area (Å²) in [6.07, 6.45) is -2.26. The van der Waals surface area contributed by atoms with Crippen molar-refractivity contribution in [3.8, 4) is 34.5 Å². The van der Waals surface area contributed by atoms with Gasteiger partial charge in [0.25, 0.3) is 0 Å². The molecule has 28 heavy (non-hydrogen) atoms. The van der Waals surface area contributed by atoms with E-state index in [0.29, 0.717) is 45.3 Å². The number of aliphatic hydroxyl groups excluding tert-OH is 2. The second kappa shape index (κ2) is 7.65. The average molecular weight is 392 g/mol. The number of aliphatic hydroxyl groups is 2. The first kappa shape index (κ1) is 19.9. The monoisotopic (exact) mass is 392 g/mol. The number of methoxy groups -OCH3 is 6. The van der Waals surface area contributed by atoms with Crippen molar-refractivity contribution in [1.82, 2.24) is 0 Å². The molecule has 0 saturated carbocycles. The predicted octanol–water partition coefficient (Wildman–Crippen LogP) is 2.22. The molecule has 0 amide bonds. The molecule has 2 aromatic rings. The van der Waals surface area contributed by atoms with E-state index in [1.54, 1.807) is 12.1 Å². The van der Waals surface area contributed by atoms with Crippen molar-refractivity contribution in [3.63, 3.8) is 0 Å². The van der Waals surface area contributed by atoms with Crippen LogP contribution in [0.5, 0.6) is 34.5 Å². The molecule has 0 unspecified atom stereocenters. The quantitative estimate of drug-likeness (QED) is 0.773. The predicted molar refractivity (Wildman–Crippen MR) is 100 cm³/mol. The lowest BCUT2D eigenvalue weighted by molar-refractivity contribution is 0.162. The lowest BCUT2D eigenvalue weighted by Gasteiger charge is -2.33. The van der Waals surface area contributed by atoms with Crippen LogP contribution in [0, 0.1) is 0 Å². The van der Waals surface area contributed by atoms with Crippen LogP contribution in [-0.4, -0.2) is 52.9 Å². The second-order valence-corrected chi connectivity index (χ2v) is 6.10. The maximum absolute atomic E-state index is 11.3. The highest BCUT2D eigenvalue weighted by molar-refractivity contribution is 5.70. The minimum absolute atomic E-state index is 0.269. The standard InChI is InChI=1S/C20H24O8/c1-23-11-7-9-13(19(27-5)17(11)25-3)16(22)14-10(15(9)21)8-12(24-2)18(26-4)20(14)28-6/h7-8,15-16,21-22H,1-6H3/t15-,16+.